The Kier molecular flexibility index (Phi) is 4.78. The third kappa shape index (κ3) is 3.60. The lowest BCUT2D eigenvalue weighted by atomic mass is 9.51. The highest BCUT2D eigenvalue weighted by Gasteiger charge is 2.56. The van der Waals surface area contributed by atoms with Gasteiger partial charge in [-0.3, -0.25) is 0 Å². The number of nitrogens with one attached hydrogen (secondary N) is 1. The van der Waals surface area contributed by atoms with Crippen LogP contribution in [0.2, 0.25) is 0 Å². The maximum atomic E-state index is 14.1. The fourth-order valence-corrected chi connectivity index (χ4v) is 7.10. The first-order valence-electron chi connectivity index (χ1n) is 11.9. The molecule has 4 fully saturated rings. The van der Waals surface area contributed by atoms with E-state index in [1.807, 2.05) is 18.2 Å². The highest BCUT2D eigenvalue weighted by molar-refractivity contribution is 5.87. The lowest BCUT2D eigenvalue weighted by molar-refractivity contribution is -0.142. The molecule has 32 heavy (non-hydrogen) atoms. The molecule has 0 aliphatic heterocycles. The van der Waals surface area contributed by atoms with Gasteiger partial charge >= 0.3 is 0 Å². The lowest BCUT2D eigenvalue weighted by Crippen LogP contribution is -2.64. The molecule has 4 saturated carbocycles. The van der Waals surface area contributed by atoms with Crippen molar-refractivity contribution < 1.29 is 14.2 Å². The van der Waals surface area contributed by atoms with E-state index in [1.54, 1.807) is 12.1 Å². The van der Waals surface area contributed by atoms with Gasteiger partial charge in [-0.1, -0.05) is 48.5 Å². The van der Waals surface area contributed by atoms with Crippen molar-refractivity contribution in [2.75, 3.05) is 0 Å². The molecule has 0 spiro atoms. The van der Waals surface area contributed by atoms with Crippen LogP contribution in [0.3, 0.4) is 0 Å². The van der Waals surface area contributed by atoms with E-state index >= 15 is 0 Å². The lowest BCUT2D eigenvalue weighted by Gasteiger charge is -2.60. The predicted octanol–water partition coefficient (Wildman–Crippen LogP) is 5.73. The van der Waals surface area contributed by atoms with Gasteiger partial charge in [0.2, 0.25) is 0 Å². The van der Waals surface area contributed by atoms with Gasteiger partial charge in [-0.25, -0.2) is 4.39 Å². The van der Waals surface area contributed by atoms with Crippen LogP contribution in [-0.4, -0.2) is 16.2 Å². The quantitative estimate of drug-likeness (QED) is 0.524. The van der Waals surface area contributed by atoms with Gasteiger partial charge in [0.1, 0.15) is 18.2 Å². The summed E-state index contributed by atoms with van der Waals surface area (Å²) in [5.41, 5.74) is 1.20. The molecule has 7 rings (SSSR count). The summed E-state index contributed by atoms with van der Waals surface area (Å²) in [5, 5.41) is 17.4. The first kappa shape index (κ1) is 20.2. The van der Waals surface area contributed by atoms with Crippen molar-refractivity contribution in [3.05, 3.63) is 77.6 Å². The number of rotatable bonds is 6. The van der Waals surface area contributed by atoms with Crippen molar-refractivity contribution in [1.82, 2.24) is 5.32 Å². The van der Waals surface area contributed by atoms with Crippen molar-refractivity contribution in [2.45, 2.75) is 62.8 Å². The molecule has 4 heteroatoms. The SMILES string of the molecule is OC12CC3CC(C1)CC(NCc1c(OCc4ccccc4F)ccc4ccccc14)(C3)C2. The van der Waals surface area contributed by atoms with E-state index < -0.39 is 5.60 Å². The highest BCUT2D eigenvalue weighted by Crippen LogP contribution is 2.57. The summed E-state index contributed by atoms with van der Waals surface area (Å²) in [6, 6.07) is 19.2. The van der Waals surface area contributed by atoms with Crippen LogP contribution in [0.25, 0.3) is 10.8 Å². The molecule has 0 heterocycles. The van der Waals surface area contributed by atoms with Crippen molar-refractivity contribution >= 4 is 10.8 Å². The first-order valence-corrected chi connectivity index (χ1v) is 11.9. The summed E-state index contributed by atoms with van der Waals surface area (Å²) in [7, 11) is 0. The molecule has 3 aromatic rings. The molecule has 166 valence electrons. The van der Waals surface area contributed by atoms with Crippen molar-refractivity contribution in [3.63, 3.8) is 0 Å². The summed E-state index contributed by atoms with van der Waals surface area (Å²) >= 11 is 0. The maximum absolute atomic E-state index is 14.1. The number of hydrogen-bond acceptors (Lipinski definition) is 3. The number of benzene rings is 3. The van der Waals surface area contributed by atoms with Crippen LogP contribution in [0.15, 0.2) is 60.7 Å². The molecule has 0 radical (unpaired) electrons. The molecule has 0 aromatic heterocycles. The average molecular weight is 432 g/mol. The van der Waals surface area contributed by atoms with Gasteiger partial charge in [0, 0.05) is 23.2 Å². The molecular formula is C28H30FNO2. The van der Waals surface area contributed by atoms with Gasteiger partial charge in [-0.15, -0.1) is 0 Å². The summed E-state index contributed by atoms with van der Waals surface area (Å²) < 4.78 is 20.3. The minimum atomic E-state index is -0.486. The molecule has 2 unspecified atom stereocenters. The molecule has 2 atom stereocenters. The molecule has 0 amide bonds. The van der Waals surface area contributed by atoms with Crippen LogP contribution < -0.4 is 10.1 Å². The van der Waals surface area contributed by atoms with Crippen LogP contribution in [0, 0.1) is 17.7 Å². The Morgan fingerprint density at radius 3 is 2.47 bits per heavy atom. The minimum absolute atomic E-state index is 0.0125. The monoisotopic (exact) mass is 431 g/mol. The van der Waals surface area contributed by atoms with E-state index in [9.17, 15) is 9.50 Å². The molecule has 3 aromatic carbocycles. The number of fused-ring (bicyclic) bond motifs is 1. The van der Waals surface area contributed by atoms with Gasteiger partial charge in [0.15, 0.2) is 0 Å². The average Bonchev–Trinajstić information content (AvgIpc) is 2.75. The zero-order valence-corrected chi connectivity index (χ0v) is 18.3. The Morgan fingerprint density at radius 1 is 0.938 bits per heavy atom. The van der Waals surface area contributed by atoms with E-state index in [0.29, 0.717) is 23.9 Å². The van der Waals surface area contributed by atoms with E-state index in [2.05, 4.69) is 29.6 Å². The van der Waals surface area contributed by atoms with Gasteiger partial charge < -0.3 is 15.2 Å². The number of ether oxygens (including phenoxy) is 1. The van der Waals surface area contributed by atoms with E-state index in [-0.39, 0.29) is 18.0 Å². The third-order valence-corrected chi connectivity index (χ3v) is 8.01. The summed E-state index contributed by atoms with van der Waals surface area (Å²) in [6.07, 6.45) is 6.38. The Balaban J connectivity index is 1.29. The molecule has 4 bridgehead atoms. The van der Waals surface area contributed by atoms with Crippen molar-refractivity contribution in [1.29, 1.82) is 0 Å². The normalized spacial score (nSPS) is 30.7. The van der Waals surface area contributed by atoms with Crippen molar-refractivity contribution in [2.24, 2.45) is 11.8 Å². The largest absolute Gasteiger partial charge is 0.488 e. The standard InChI is InChI=1S/C28H30FNO2/c29-25-8-4-2-6-22(25)17-32-26-10-9-21-5-1-3-7-23(21)24(26)16-30-27-12-19-11-20(13-27)15-28(31,14-19)18-27/h1-10,19-20,30-31H,11-18H2. The van der Waals surface area contributed by atoms with Gasteiger partial charge in [-0.2, -0.15) is 0 Å². The van der Waals surface area contributed by atoms with E-state index in [0.717, 1.165) is 48.8 Å². The Hall–Kier alpha value is -2.43. The number of hydrogen-bond donors (Lipinski definition) is 2. The van der Waals surface area contributed by atoms with Crippen LogP contribution >= 0.6 is 0 Å². The molecular weight excluding hydrogens is 401 g/mol. The van der Waals surface area contributed by atoms with Crippen LogP contribution in [0.4, 0.5) is 4.39 Å². The minimum Gasteiger partial charge on any atom is -0.488 e. The number of aliphatic hydroxyl groups is 1. The van der Waals surface area contributed by atoms with Gasteiger partial charge in [0.05, 0.1) is 5.60 Å². The summed E-state index contributed by atoms with van der Waals surface area (Å²) in [6.45, 7) is 0.885. The predicted molar refractivity (Wildman–Crippen MR) is 124 cm³/mol. The second-order valence-electron chi connectivity index (χ2n) is 10.5. The van der Waals surface area contributed by atoms with Gasteiger partial charge in [-0.05, 0) is 73.3 Å². The Labute approximate surface area is 188 Å². The third-order valence-electron chi connectivity index (χ3n) is 8.01. The fourth-order valence-electron chi connectivity index (χ4n) is 7.10. The van der Waals surface area contributed by atoms with Gasteiger partial charge in [0.25, 0.3) is 0 Å². The first-order chi connectivity index (χ1) is 15.5. The second-order valence-corrected chi connectivity index (χ2v) is 10.5. The molecule has 2 N–H and O–H groups in total. The number of halogens is 1. The Morgan fingerprint density at radius 2 is 1.69 bits per heavy atom. The fraction of sp³-hybridized carbons (Fsp3) is 0.429. The van der Waals surface area contributed by atoms with Crippen LogP contribution in [-0.2, 0) is 13.2 Å². The Bertz CT molecular complexity index is 1150. The van der Waals surface area contributed by atoms with E-state index in [1.165, 1.54) is 17.9 Å². The maximum Gasteiger partial charge on any atom is 0.129 e. The molecule has 4 aliphatic carbocycles. The zero-order chi connectivity index (χ0) is 21.8. The summed E-state index contributed by atoms with van der Waals surface area (Å²) in [5.74, 6) is 1.83. The molecule has 0 saturated heterocycles. The molecule has 4 aliphatic rings. The topological polar surface area (TPSA) is 41.5 Å². The second kappa shape index (κ2) is 7.57. The van der Waals surface area contributed by atoms with Crippen LogP contribution in [0.5, 0.6) is 5.75 Å². The van der Waals surface area contributed by atoms with Crippen LogP contribution in [0.1, 0.15) is 49.7 Å². The van der Waals surface area contributed by atoms with Crippen molar-refractivity contribution in [3.8, 4) is 5.75 Å². The summed E-state index contributed by atoms with van der Waals surface area (Å²) in [4.78, 5) is 0. The highest BCUT2D eigenvalue weighted by atomic mass is 19.1. The smallest absolute Gasteiger partial charge is 0.129 e. The molecule has 3 nitrogen and oxygen atoms in total. The van der Waals surface area contributed by atoms with E-state index in [4.69, 9.17) is 4.74 Å². The zero-order valence-electron chi connectivity index (χ0n) is 18.3.